The van der Waals surface area contributed by atoms with Crippen molar-refractivity contribution in [3.8, 4) is 0 Å². The number of aromatic amines is 3. The molecule has 3 aromatic heterocycles. The minimum absolute atomic E-state index is 0.0277. The molecular formula is C22H30N10O6. The van der Waals surface area contributed by atoms with Crippen molar-refractivity contribution in [3.05, 3.63) is 54.7 Å². The number of H-pyrrole nitrogens is 3. The van der Waals surface area contributed by atoms with E-state index in [4.69, 9.17) is 5.73 Å². The number of carbonyl (C=O) groups excluding carboxylic acids is 3. The first-order valence-electron chi connectivity index (χ1n) is 11.6. The van der Waals surface area contributed by atoms with Crippen LogP contribution in [0.4, 0.5) is 0 Å². The van der Waals surface area contributed by atoms with E-state index in [9.17, 15) is 29.4 Å². The SMILES string of the molecule is CC(O)C(NC(=O)C(Cc1cnc[nH]1)NC(=O)C(N)Cc1cnc[nH]1)C(=O)NC(Cc1cnc[nH]1)C(=O)O. The highest BCUT2D eigenvalue weighted by Crippen LogP contribution is 2.05. The predicted octanol–water partition coefficient (Wildman–Crippen LogP) is -2.87. The first-order chi connectivity index (χ1) is 18.1. The van der Waals surface area contributed by atoms with Crippen molar-refractivity contribution < 1.29 is 29.4 Å². The Kier molecular flexibility index (Phi) is 9.66. The summed E-state index contributed by atoms with van der Waals surface area (Å²) in [6, 6.07) is -5.10. The summed E-state index contributed by atoms with van der Waals surface area (Å²) < 4.78 is 0. The third kappa shape index (κ3) is 7.97. The average Bonchev–Trinajstić information content (AvgIpc) is 3.65. The van der Waals surface area contributed by atoms with E-state index in [0.29, 0.717) is 17.1 Å². The summed E-state index contributed by atoms with van der Waals surface area (Å²) in [5, 5.41) is 27.0. The molecule has 3 heterocycles. The number of amides is 3. The van der Waals surface area contributed by atoms with Gasteiger partial charge in [-0.25, -0.2) is 19.7 Å². The van der Waals surface area contributed by atoms with Gasteiger partial charge < -0.3 is 46.8 Å². The molecule has 3 aromatic rings. The molecule has 0 aliphatic heterocycles. The van der Waals surface area contributed by atoms with Crippen LogP contribution in [-0.2, 0) is 38.4 Å². The maximum absolute atomic E-state index is 13.2. The number of nitrogens with zero attached hydrogens (tertiary/aromatic N) is 3. The normalized spacial score (nSPS) is 15.0. The van der Waals surface area contributed by atoms with E-state index in [1.165, 1.54) is 44.5 Å². The Balaban J connectivity index is 1.70. The molecule has 0 aliphatic carbocycles. The van der Waals surface area contributed by atoms with Crippen molar-refractivity contribution in [3.63, 3.8) is 0 Å². The van der Waals surface area contributed by atoms with Gasteiger partial charge in [-0.15, -0.1) is 0 Å². The van der Waals surface area contributed by atoms with Gasteiger partial charge >= 0.3 is 5.97 Å². The second-order valence-corrected chi connectivity index (χ2v) is 8.64. The first kappa shape index (κ1) is 28.0. The zero-order chi connectivity index (χ0) is 27.7. The van der Waals surface area contributed by atoms with Crippen LogP contribution >= 0.6 is 0 Å². The van der Waals surface area contributed by atoms with Crippen molar-refractivity contribution in [2.75, 3.05) is 0 Å². The van der Waals surface area contributed by atoms with Gasteiger partial charge in [0.1, 0.15) is 18.1 Å². The zero-order valence-electron chi connectivity index (χ0n) is 20.4. The minimum Gasteiger partial charge on any atom is -0.480 e. The number of aliphatic hydroxyl groups is 1. The van der Waals surface area contributed by atoms with Gasteiger partial charge in [0.15, 0.2) is 0 Å². The lowest BCUT2D eigenvalue weighted by Gasteiger charge is -2.26. The summed E-state index contributed by atoms with van der Waals surface area (Å²) in [5.41, 5.74) is 7.58. The molecule has 0 spiro atoms. The lowest BCUT2D eigenvalue weighted by atomic mass is 10.1. The fourth-order valence-corrected chi connectivity index (χ4v) is 3.57. The molecule has 0 fully saturated rings. The largest absolute Gasteiger partial charge is 0.480 e. The van der Waals surface area contributed by atoms with Gasteiger partial charge in [-0.3, -0.25) is 14.4 Å². The number of aromatic nitrogens is 6. The number of hydrogen-bond donors (Lipinski definition) is 9. The molecule has 0 radical (unpaired) electrons. The molecule has 38 heavy (non-hydrogen) atoms. The number of imidazole rings is 3. The van der Waals surface area contributed by atoms with Crippen LogP contribution in [-0.4, -0.2) is 94.1 Å². The standard InChI is InChI=1S/C22H30N10O6/c1-11(33)18(21(36)31-17(22(37)38)4-14-7-26-10-29-14)32-20(35)16(3-13-6-25-9-28-13)30-19(34)15(23)2-12-5-24-8-27-12/h5-11,15-18,33H,2-4,23H2,1H3,(H,24,27)(H,25,28)(H,26,29)(H,30,34)(H,31,36)(H,32,35)(H,37,38). The van der Waals surface area contributed by atoms with Gasteiger partial charge in [-0.05, 0) is 6.92 Å². The van der Waals surface area contributed by atoms with E-state index in [-0.39, 0.29) is 19.3 Å². The monoisotopic (exact) mass is 530 g/mol. The van der Waals surface area contributed by atoms with Crippen molar-refractivity contribution in [1.29, 1.82) is 0 Å². The molecule has 16 nitrogen and oxygen atoms in total. The lowest BCUT2D eigenvalue weighted by Crippen LogP contribution is -2.60. The Morgan fingerprint density at radius 3 is 1.71 bits per heavy atom. The third-order valence-corrected chi connectivity index (χ3v) is 5.60. The van der Waals surface area contributed by atoms with Crippen LogP contribution in [0, 0.1) is 0 Å². The smallest absolute Gasteiger partial charge is 0.326 e. The van der Waals surface area contributed by atoms with Crippen molar-refractivity contribution in [2.24, 2.45) is 5.73 Å². The van der Waals surface area contributed by atoms with Crippen LogP contribution in [0.25, 0.3) is 0 Å². The van der Waals surface area contributed by atoms with Crippen LogP contribution in [0.3, 0.4) is 0 Å². The molecule has 0 aliphatic rings. The van der Waals surface area contributed by atoms with Crippen LogP contribution in [0.15, 0.2) is 37.6 Å². The Morgan fingerprint density at radius 2 is 1.26 bits per heavy atom. The minimum atomic E-state index is -1.52. The number of nitrogens with one attached hydrogen (secondary N) is 6. The van der Waals surface area contributed by atoms with Crippen molar-refractivity contribution in [1.82, 2.24) is 45.9 Å². The highest BCUT2D eigenvalue weighted by atomic mass is 16.4. The van der Waals surface area contributed by atoms with E-state index in [2.05, 4.69) is 45.9 Å². The number of hydrogen-bond acceptors (Lipinski definition) is 9. The summed E-state index contributed by atoms with van der Waals surface area (Å²) in [6.07, 6.45) is 7.21. The molecule has 3 rings (SSSR count). The van der Waals surface area contributed by atoms with E-state index in [0.717, 1.165) is 0 Å². The molecule has 5 atom stereocenters. The number of carbonyl (C=O) groups is 4. The number of nitrogens with two attached hydrogens (primary N) is 1. The third-order valence-electron chi connectivity index (χ3n) is 5.60. The summed E-state index contributed by atoms with van der Waals surface area (Å²) in [5.74, 6) is -3.69. The van der Waals surface area contributed by atoms with Crippen molar-refractivity contribution >= 4 is 23.7 Å². The highest BCUT2D eigenvalue weighted by Gasteiger charge is 2.33. The molecule has 5 unspecified atom stereocenters. The summed E-state index contributed by atoms with van der Waals surface area (Å²) >= 11 is 0. The first-order valence-corrected chi connectivity index (χ1v) is 11.6. The Hall–Kier alpha value is -4.57. The maximum Gasteiger partial charge on any atom is 0.326 e. The molecular weight excluding hydrogens is 500 g/mol. The maximum atomic E-state index is 13.2. The van der Waals surface area contributed by atoms with Gasteiger partial charge in [-0.2, -0.15) is 0 Å². The number of aliphatic carboxylic acids is 1. The topological polar surface area (TPSA) is 257 Å². The van der Waals surface area contributed by atoms with Gasteiger partial charge in [0.2, 0.25) is 17.7 Å². The Labute approximate surface area is 216 Å². The summed E-state index contributed by atoms with van der Waals surface area (Å²) in [4.78, 5) is 70.5. The van der Waals surface area contributed by atoms with Crippen molar-refractivity contribution in [2.45, 2.75) is 56.5 Å². The van der Waals surface area contributed by atoms with E-state index < -0.39 is 54.0 Å². The number of aliphatic hydroxyl groups excluding tert-OH is 1. The number of carboxylic acids is 1. The molecule has 0 saturated heterocycles. The second kappa shape index (κ2) is 13.1. The van der Waals surface area contributed by atoms with Gasteiger partial charge in [-0.1, -0.05) is 0 Å². The molecule has 0 saturated carbocycles. The molecule has 10 N–H and O–H groups in total. The van der Waals surface area contributed by atoms with Crippen LogP contribution < -0.4 is 21.7 Å². The fraction of sp³-hybridized carbons (Fsp3) is 0.409. The van der Waals surface area contributed by atoms with E-state index >= 15 is 0 Å². The van der Waals surface area contributed by atoms with Crippen LogP contribution in [0.2, 0.25) is 0 Å². The Morgan fingerprint density at radius 1 is 0.789 bits per heavy atom. The molecule has 0 aromatic carbocycles. The zero-order valence-corrected chi connectivity index (χ0v) is 20.4. The van der Waals surface area contributed by atoms with Gasteiger partial charge in [0.25, 0.3) is 0 Å². The van der Waals surface area contributed by atoms with Crippen LogP contribution in [0.5, 0.6) is 0 Å². The highest BCUT2D eigenvalue weighted by molar-refractivity contribution is 5.94. The summed E-state index contributed by atoms with van der Waals surface area (Å²) in [7, 11) is 0. The molecule has 204 valence electrons. The Bertz CT molecular complexity index is 1180. The molecule has 3 amide bonds. The predicted molar refractivity (Wildman–Crippen MR) is 130 cm³/mol. The number of rotatable bonds is 14. The fourth-order valence-electron chi connectivity index (χ4n) is 3.57. The number of carboxylic acid groups (broad SMARTS) is 1. The second-order valence-electron chi connectivity index (χ2n) is 8.64. The molecule has 16 heteroatoms. The summed E-state index contributed by atoms with van der Waals surface area (Å²) in [6.45, 7) is 1.26. The van der Waals surface area contributed by atoms with Gasteiger partial charge in [0, 0.05) is 54.9 Å². The van der Waals surface area contributed by atoms with Crippen LogP contribution in [0.1, 0.15) is 24.0 Å². The van der Waals surface area contributed by atoms with E-state index in [1.807, 2.05) is 0 Å². The average molecular weight is 531 g/mol. The quantitative estimate of drug-likeness (QED) is 0.103. The van der Waals surface area contributed by atoms with E-state index in [1.54, 1.807) is 0 Å². The molecule has 0 bridgehead atoms. The lowest BCUT2D eigenvalue weighted by molar-refractivity contribution is -0.143. The van der Waals surface area contributed by atoms with Gasteiger partial charge in [0.05, 0.1) is 31.1 Å².